The zero-order valence-corrected chi connectivity index (χ0v) is 16.6. The summed E-state index contributed by atoms with van der Waals surface area (Å²) in [4.78, 5) is 8.47. The molecule has 30 heavy (non-hydrogen) atoms. The van der Waals surface area contributed by atoms with E-state index in [4.69, 9.17) is 14.2 Å². The third kappa shape index (κ3) is 4.10. The molecule has 1 heterocycles. The predicted octanol–water partition coefficient (Wildman–Crippen LogP) is 5.19. The molecule has 0 unspecified atom stereocenters. The van der Waals surface area contributed by atoms with Gasteiger partial charge in [0, 0.05) is 24.9 Å². The second-order valence-electron chi connectivity index (χ2n) is 6.47. The minimum atomic E-state index is -0.497. The number of aromatic nitrogens is 2. The number of hydrogen-bond donors (Lipinski definition) is 1. The highest BCUT2D eigenvalue weighted by Crippen LogP contribution is 2.37. The van der Waals surface area contributed by atoms with Crippen LogP contribution in [-0.4, -0.2) is 24.1 Å². The molecule has 1 N–H and O–H groups in total. The molecule has 152 valence electrons. The molecule has 1 aromatic heterocycles. The number of nitrogens with zero attached hydrogens (tertiary/aromatic N) is 2. The van der Waals surface area contributed by atoms with Crippen LogP contribution in [0, 0.1) is 5.82 Å². The lowest BCUT2D eigenvalue weighted by Gasteiger charge is -2.14. The Morgan fingerprint density at radius 3 is 2.50 bits per heavy atom. The minimum absolute atomic E-state index is 0.0670. The summed E-state index contributed by atoms with van der Waals surface area (Å²) in [6, 6.07) is 17.9. The fourth-order valence-electron chi connectivity index (χ4n) is 2.97. The van der Waals surface area contributed by atoms with E-state index in [0.29, 0.717) is 34.7 Å². The molecular weight excluding hydrogens is 385 g/mol. The molecule has 0 radical (unpaired) electrons. The maximum atomic E-state index is 14.3. The summed E-state index contributed by atoms with van der Waals surface area (Å²) >= 11 is 0. The maximum Gasteiger partial charge on any atom is 0.230 e. The van der Waals surface area contributed by atoms with Gasteiger partial charge in [-0.1, -0.05) is 30.3 Å². The molecule has 0 bridgehead atoms. The van der Waals surface area contributed by atoms with Crippen molar-refractivity contribution < 1.29 is 18.6 Å². The number of rotatable bonds is 7. The zero-order valence-electron chi connectivity index (χ0n) is 16.6. The van der Waals surface area contributed by atoms with E-state index in [0.717, 1.165) is 5.56 Å². The van der Waals surface area contributed by atoms with Crippen LogP contribution in [0.5, 0.6) is 23.1 Å². The monoisotopic (exact) mass is 405 g/mol. The summed E-state index contributed by atoms with van der Waals surface area (Å²) in [7, 11) is 3.27. The molecule has 0 spiro atoms. The van der Waals surface area contributed by atoms with Crippen molar-refractivity contribution in [2.24, 2.45) is 0 Å². The Bertz CT molecular complexity index is 1170. The van der Waals surface area contributed by atoms with Gasteiger partial charge in [-0.2, -0.15) is 0 Å². The van der Waals surface area contributed by atoms with Crippen LogP contribution in [0.15, 0.2) is 67.0 Å². The van der Waals surface area contributed by atoms with Gasteiger partial charge in [-0.15, -0.1) is 0 Å². The molecule has 0 fully saturated rings. The number of ether oxygens (including phenoxy) is 3. The third-order valence-corrected chi connectivity index (χ3v) is 4.55. The van der Waals surface area contributed by atoms with Gasteiger partial charge >= 0.3 is 0 Å². The van der Waals surface area contributed by atoms with Gasteiger partial charge in [-0.05, 0) is 23.8 Å². The van der Waals surface area contributed by atoms with E-state index in [9.17, 15) is 4.39 Å². The summed E-state index contributed by atoms with van der Waals surface area (Å²) in [6.07, 6.45) is 1.37. The van der Waals surface area contributed by atoms with Gasteiger partial charge in [-0.3, -0.25) is 0 Å². The van der Waals surface area contributed by atoms with E-state index in [1.807, 2.05) is 30.3 Å². The van der Waals surface area contributed by atoms with Crippen molar-refractivity contribution in [2.75, 3.05) is 19.5 Å². The van der Waals surface area contributed by atoms with Gasteiger partial charge < -0.3 is 19.5 Å². The molecule has 4 aromatic rings. The number of methoxy groups -OCH3 is 1. The van der Waals surface area contributed by atoms with Gasteiger partial charge in [0.25, 0.3) is 0 Å². The van der Waals surface area contributed by atoms with Crippen molar-refractivity contribution in [3.05, 3.63) is 78.4 Å². The van der Waals surface area contributed by atoms with Gasteiger partial charge in [0.1, 0.15) is 12.9 Å². The van der Waals surface area contributed by atoms with Crippen LogP contribution in [0.4, 0.5) is 10.1 Å². The molecule has 0 amide bonds. The van der Waals surface area contributed by atoms with Crippen molar-refractivity contribution in [1.82, 2.24) is 9.97 Å². The van der Waals surface area contributed by atoms with Crippen molar-refractivity contribution in [3.8, 4) is 23.1 Å². The largest absolute Gasteiger partial charge is 0.493 e. The summed E-state index contributed by atoms with van der Waals surface area (Å²) < 4.78 is 31.5. The van der Waals surface area contributed by atoms with Crippen LogP contribution in [0.1, 0.15) is 5.56 Å². The van der Waals surface area contributed by atoms with Crippen molar-refractivity contribution in [3.63, 3.8) is 0 Å². The Labute approximate surface area is 173 Å². The topological polar surface area (TPSA) is 65.5 Å². The fourth-order valence-corrected chi connectivity index (χ4v) is 2.97. The first kappa shape index (κ1) is 19.4. The molecule has 0 aliphatic carbocycles. The molecule has 7 heteroatoms. The van der Waals surface area contributed by atoms with Crippen LogP contribution in [-0.2, 0) is 6.61 Å². The normalized spacial score (nSPS) is 10.6. The van der Waals surface area contributed by atoms with Gasteiger partial charge in [-0.25, -0.2) is 14.4 Å². The van der Waals surface area contributed by atoms with Crippen molar-refractivity contribution in [1.29, 1.82) is 0 Å². The van der Waals surface area contributed by atoms with Gasteiger partial charge in [0.2, 0.25) is 5.88 Å². The SMILES string of the molecule is CNc1ccc(Oc2ncnc3cc(OCc4ccccc4)c(OC)cc23)c(F)c1. The summed E-state index contributed by atoms with van der Waals surface area (Å²) in [5.74, 6) is 0.844. The average Bonchev–Trinajstić information content (AvgIpc) is 2.79. The van der Waals surface area contributed by atoms with Crippen molar-refractivity contribution >= 4 is 16.6 Å². The molecule has 0 aliphatic rings. The second kappa shape index (κ2) is 8.65. The molecule has 0 atom stereocenters. The number of halogens is 1. The molecule has 3 aromatic carbocycles. The lowest BCUT2D eigenvalue weighted by atomic mass is 10.2. The molecule has 6 nitrogen and oxygen atoms in total. The highest BCUT2D eigenvalue weighted by Gasteiger charge is 2.15. The molecule has 0 saturated heterocycles. The Hall–Kier alpha value is -3.87. The Morgan fingerprint density at radius 2 is 1.77 bits per heavy atom. The molecule has 0 saturated carbocycles. The Morgan fingerprint density at radius 1 is 0.933 bits per heavy atom. The number of hydrogen-bond acceptors (Lipinski definition) is 6. The average molecular weight is 405 g/mol. The van der Waals surface area contributed by atoms with Crippen LogP contribution in [0.25, 0.3) is 10.9 Å². The van der Waals surface area contributed by atoms with Gasteiger partial charge in [0.15, 0.2) is 23.1 Å². The Balaban J connectivity index is 1.66. The Kier molecular flexibility index (Phi) is 5.61. The number of anilines is 1. The van der Waals surface area contributed by atoms with Crippen LogP contribution in [0.3, 0.4) is 0 Å². The van der Waals surface area contributed by atoms with E-state index in [1.54, 1.807) is 38.4 Å². The first-order valence-corrected chi connectivity index (χ1v) is 9.32. The van der Waals surface area contributed by atoms with E-state index >= 15 is 0 Å². The standard InChI is InChI=1S/C23H20FN3O3/c1-25-16-8-9-20(18(24)10-16)30-23-17-11-21(28-2)22(12-19(17)26-14-27-23)29-13-15-6-4-3-5-7-15/h3-12,14,25H,13H2,1-2H3. The smallest absolute Gasteiger partial charge is 0.230 e. The predicted molar refractivity (Wildman–Crippen MR) is 113 cm³/mol. The molecule has 0 aliphatic heterocycles. The quantitative estimate of drug-likeness (QED) is 0.456. The summed E-state index contributed by atoms with van der Waals surface area (Å²) in [6.45, 7) is 0.389. The third-order valence-electron chi connectivity index (χ3n) is 4.55. The minimum Gasteiger partial charge on any atom is -0.493 e. The highest BCUT2D eigenvalue weighted by molar-refractivity contribution is 5.87. The zero-order chi connectivity index (χ0) is 20.9. The van der Waals surface area contributed by atoms with E-state index in [2.05, 4.69) is 15.3 Å². The second-order valence-corrected chi connectivity index (χ2v) is 6.47. The van der Waals surface area contributed by atoms with Crippen LogP contribution in [0.2, 0.25) is 0 Å². The van der Waals surface area contributed by atoms with Crippen molar-refractivity contribution in [2.45, 2.75) is 6.61 Å². The van der Waals surface area contributed by atoms with Crippen LogP contribution < -0.4 is 19.5 Å². The van der Waals surface area contributed by atoms with E-state index in [-0.39, 0.29) is 11.6 Å². The fraction of sp³-hybridized carbons (Fsp3) is 0.130. The number of fused-ring (bicyclic) bond motifs is 1. The molecule has 4 rings (SSSR count). The van der Waals surface area contributed by atoms with Gasteiger partial charge in [0.05, 0.1) is 18.0 Å². The maximum absolute atomic E-state index is 14.3. The first-order chi connectivity index (χ1) is 14.7. The van der Waals surface area contributed by atoms with E-state index < -0.39 is 5.82 Å². The summed E-state index contributed by atoms with van der Waals surface area (Å²) in [5, 5.41) is 3.46. The number of nitrogens with one attached hydrogen (secondary N) is 1. The summed E-state index contributed by atoms with van der Waals surface area (Å²) in [5.41, 5.74) is 2.28. The van der Waals surface area contributed by atoms with Crippen LogP contribution >= 0.6 is 0 Å². The lowest BCUT2D eigenvalue weighted by molar-refractivity contribution is 0.285. The highest BCUT2D eigenvalue weighted by atomic mass is 19.1. The van der Waals surface area contributed by atoms with E-state index in [1.165, 1.54) is 12.4 Å². The molecular formula is C23H20FN3O3. The first-order valence-electron chi connectivity index (χ1n) is 9.32. The lowest BCUT2D eigenvalue weighted by Crippen LogP contribution is -1.99. The number of benzene rings is 3.